The van der Waals surface area contributed by atoms with Gasteiger partial charge in [0, 0.05) is 55.3 Å². The monoisotopic (exact) mass is 431 g/mol. The smallest absolute Gasteiger partial charge is 0.142 e. The van der Waals surface area contributed by atoms with Crippen molar-refractivity contribution in [2.24, 2.45) is 0 Å². The van der Waals surface area contributed by atoms with Crippen molar-refractivity contribution in [1.29, 1.82) is 0 Å². The van der Waals surface area contributed by atoms with E-state index in [1.807, 2.05) is 36.7 Å². The Balaban J connectivity index is 2.01. The van der Waals surface area contributed by atoms with Crippen LogP contribution in [-0.2, 0) is 23.7 Å². The standard InChI is InChI=1S/C28H37N3O/c1-27(2,3)21-19-24(28(4,5)6)26(32)25(20-21)31(17-13-22-11-7-9-15-29-22)18-14-23-12-8-10-16-30-23/h7-12,15-16,19-20,32H,13-14,17-18H2,1-6H3. The number of nitrogens with zero attached hydrogens (tertiary/aromatic N) is 3. The van der Waals surface area contributed by atoms with Crippen LogP contribution in [0.2, 0.25) is 0 Å². The molecule has 4 heteroatoms. The van der Waals surface area contributed by atoms with Gasteiger partial charge in [-0.3, -0.25) is 9.97 Å². The molecular weight excluding hydrogens is 394 g/mol. The zero-order chi connectivity index (χ0) is 23.4. The first-order chi connectivity index (χ1) is 15.1. The molecule has 0 aliphatic rings. The first-order valence-corrected chi connectivity index (χ1v) is 11.5. The fraction of sp³-hybridized carbons (Fsp3) is 0.429. The molecule has 1 aromatic carbocycles. The molecule has 3 rings (SSSR count). The van der Waals surface area contributed by atoms with Gasteiger partial charge in [0.2, 0.25) is 0 Å². The Labute approximate surface area is 193 Å². The van der Waals surface area contributed by atoms with Gasteiger partial charge in [-0.25, -0.2) is 0 Å². The molecule has 0 unspecified atom stereocenters. The lowest BCUT2D eigenvalue weighted by atomic mass is 9.79. The Hall–Kier alpha value is -2.88. The van der Waals surface area contributed by atoms with Crippen molar-refractivity contribution in [2.45, 2.75) is 65.2 Å². The predicted octanol–water partition coefficient (Wildman–Crippen LogP) is 6.07. The minimum atomic E-state index is -0.159. The van der Waals surface area contributed by atoms with Gasteiger partial charge in [-0.1, -0.05) is 59.7 Å². The van der Waals surface area contributed by atoms with Gasteiger partial charge in [0.1, 0.15) is 5.75 Å². The second kappa shape index (κ2) is 9.72. The number of hydrogen-bond donors (Lipinski definition) is 1. The first kappa shape index (κ1) is 23.8. The van der Waals surface area contributed by atoms with Gasteiger partial charge in [-0.05, 0) is 46.7 Å². The van der Waals surface area contributed by atoms with Crippen LogP contribution in [0, 0.1) is 0 Å². The van der Waals surface area contributed by atoms with Gasteiger partial charge in [0.05, 0.1) is 5.69 Å². The van der Waals surface area contributed by atoms with Gasteiger partial charge in [0.15, 0.2) is 0 Å². The van der Waals surface area contributed by atoms with Crippen LogP contribution < -0.4 is 4.90 Å². The number of phenols is 1. The highest BCUT2D eigenvalue weighted by Gasteiger charge is 2.27. The van der Waals surface area contributed by atoms with Crippen LogP contribution in [0.4, 0.5) is 5.69 Å². The van der Waals surface area contributed by atoms with Crippen molar-refractivity contribution in [3.8, 4) is 5.75 Å². The molecule has 0 aliphatic heterocycles. The van der Waals surface area contributed by atoms with E-state index in [1.54, 1.807) is 0 Å². The van der Waals surface area contributed by atoms with Crippen molar-refractivity contribution >= 4 is 5.69 Å². The highest BCUT2D eigenvalue weighted by atomic mass is 16.3. The largest absolute Gasteiger partial charge is 0.505 e. The van der Waals surface area contributed by atoms with Crippen LogP contribution in [0.5, 0.6) is 5.75 Å². The normalized spacial score (nSPS) is 12.1. The Morgan fingerprint density at radius 3 is 1.69 bits per heavy atom. The number of rotatable bonds is 7. The zero-order valence-electron chi connectivity index (χ0n) is 20.4. The number of anilines is 1. The molecule has 0 saturated heterocycles. The maximum Gasteiger partial charge on any atom is 0.142 e. The van der Waals surface area contributed by atoms with E-state index in [1.165, 1.54) is 5.56 Å². The molecule has 0 atom stereocenters. The van der Waals surface area contributed by atoms with E-state index in [2.05, 4.69) is 80.7 Å². The lowest BCUT2D eigenvalue weighted by Crippen LogP contribution is -2.30. The van der Waals surface area contributed by atoms with Gasteiger partial charge in [-0.15, -0.1) is 0 Å². The van der Waals surface area contributed by atoms with Crippen molar-refractivity contribution in [1.82, 2.24) is 9.97 Å². The summed E-state index contributed by atoms with van der Waals surface area (Å²) in [6, 6.07) is 16.4. The predicted molar refractivity (Wildman–Crippen MR) is 134 cm³/mol. The van der Waals surface area contributed by atoms with E-state index >= 15 is 0 Å². The lowest BCUT2D eigenvalue weighted by molar-refractivity contribution is 0.443. The van der Waals surface area contributed by atoms with Crippen LogP contribution in [0.15, 0.2) is 60.9 Å². The molecule has 0 bridgehead atoms. The Morgan fingerprint density at radius 2 is 1.28 bits per heavy atom. The summed E-state index contributed by atoms with van der Waals surface area (Å²) in [5.74, 6) is 0.382. The molecule has 0 saturated carbocycles. The summed E-state index contributed by atoms with van der Waals surface area (Å²) in [6.07, 6.45) is 5.30. The average molecular weight is 432 g/mol. The van der Waals surface area contributed by atoms with Crippen LogP contribution in [0.1, 0.15) is 64.1 Å². The second-order valence-corrected chi connectivity index (χ2v) is 10.5. The van der Waals surface area contributed by atoms with Gasteiger partial charge < -0.3 is 10.0 Å². The molecular formula is C28H37N3O. The van der Waals surface area contributed by atoms with E-state index in [0.29, 0.717) is 5.75 Å². The highest BCUT2D eigenvalue weighted by Crippen LogP contribution is 2.42. The maximum atomic E-state index is 11.4. The zero-order valence-corrected chi connectivity index (χ0v) is 20.4. The molecule has 170 valence electrons. The molecule has 2 heterocycles. The number of aromatic hydroxyl groups is 1. The molecule has 4 nitrogen and oxygen atoms in total. The number of benzene rings is 1. The van der Waals surface area contributed by atoms with Gasteiger partial charge >= 0.3 is 0 Å². The topological polar surface area (TPSA) is 49.2 Å². The molecule has 32 heavy (non-hydrogen) atoms. The van der Waals surface area contributed by atoms with Crippen LogP contribution >= 0.6 is 0 Å². The second-order valence-electron chi connectivity index (χ2n) is 10.5. The lowest BCUT2D eigenvalue weighted by Gasteiger charge is -2.32. The van der Waals surface area contributed by atoms with Crippen LogP contribution in [0.25, 0.3) is 0 Å². The average Bonchev–Trinajstić information content (AvgIpc) is 2.74. The van der Waals surface area contributed by atoms with E-state index in [4.69, 9.17) is 0 Å². The van der Waals surface area contributed by atoms with E-state index in [9.17, 15) is 5.11 Å². The Bertz CT molecular complexity index is 959. The summed E-state index contributed by atoms with van der Waals surface area (Å²) in [6.45, 7) is 14.7. The quantitative estimate of drug-likeness (QED) is 0.493. The molecule has 0 radical (unpaired) electrons. The summed E-state index contributed by atoms with van der Waals surface area (Å²) in [5, 5.41) is 11.4. The minimum absolute atomic E-state index is 0.0178. The van der Waals surface area contributed by atoms with Gasteiger partial charge in [-0.2, -0.15) is 0 Å². The number of pyridine rings is 2. The number of aromatic nitrogens is 2. The van der Waals surface area contributed by atoms with Crippen molar-refractivity contribution < 1.29 is 5.11 Å². The Kier molecular flexibility index (Phi) is 7.22. The highest BCUT2D eigenvalue weighted by molar-refractivity contribution is 5.65. The van der Waals surface area contributed by atoms with Crippen LogP contribution in [-0.4, -0.2) is 28.2 Å². The third kappa shape index (κ3) is 6.09. The van der Waals surface area contributed by atoms with Gasteiger partial charge in [0.25, 0.3) is 0 Å². The van der Waals surface area contributed by atoms with E-state index < -0.39 is 0 Å². The number of phenolic OH excluding ortho intramolecular Hbond substituents is 1. The molecule has 3 aromatic rings. The van der Waals surface area contributed by atoms with E-state index in [-0.39, 0.29) is 10.8 Å². The molecule has 0 fully saturated rings. The summed E-state index contributed by atoms with van der Waals surface area (Å²) < 4.78 is 0. The first-order valence-electron chi connectivity index (χ1n) is 11.5. The maximum absolute atomic E-state index is 11.4. The molecule has 0 aliphatic carbocycles. The van der Waals surface area contributed by atoms with Crippen molar-refractivity contribution in [3.63, 3.8) is 0 Å². The third-order valence-corrected chi connectivity index (χ3v) is 5.83. The summed E-state index contributed by atoms with van der Waals surface area (Å²) >= 11 is 0. The minimum Gasteiger partial charge on any atom is -0.505 e. The molecule has 0 amide bonds. The SMILES string of the molecule is CC(C)(C)c1cc(N(CCc2ccccn2)CCc2ccccn2)c(O)c(C(C)(C)C)c1. The summed E-state index contributed by atoms with van der Waals surface area (Å²) in [7, 11) is 0. The molecule has 0 spiro atoms. The fourth-order valence-corrected chi connectivity index (χ4v) is 3.81. The summed E-state index contributed by atoms with van der Waals surface area (Å²) in [5.41, 5.74) is 5.05. The molecule has 2 aromatic heterocycles. The van der Waals surface area contributed by atoms with Crippen LogP contribution in [0.3, 0.4) is 0 Å². The fourth-order valence-electron chi connectivity index (χ4n) is 3.81. The Morgan fingerprint density at radius 1 is 0.750 bits per heavy atom. The third-order valence-electron chi connectivity index (χ3n) is 5.83. The summed E-state index contributed by atoms with van der Waals surface area (Å²) in [4.78, 5) is 11.3. The van der Waals surface area contributed by atoms with Crippen molar-refractivity contribution in [2.75, 3.05) is 18.0 Å². The molecule has 1 N–H and O–H groups in total. The van der Waals surface area contributed by atoms with E-state index in [0.717, 1.165) is 48.6 Å². The number of hydrogen-bond acceptors (Lipinski definition) is 4. The van der Waals surface area contributed by atoms with Crippen molar-refractivity contribution in [3.05, 3.63) is 83.4 Å².